The van der Waals surface area contributed by atoms with E-state index in [1.165, 1.54) is 0 Å². The summed E-state index contributed by atoms with van der Waals surface area (Å²) >= 11 is 9.54. The largest absolute Gasteiger partial charge is 0.496 e. The van der Waals surface area contributed by atoms with E-state index in [-0.39, 0.29) is 5.84 Å². The number of hydrogen-bond acceptors (Lipinski definition) is 3. The van der Waals surface area contributed by atoms with Crippen LogP contribution in [0.15, 0.2) is 40.9 Å². The first-order valence-corrected chi connectivity index (χ1v) is 7.27. The number of rotatable bonds is 5. The van der Waals surface area contributed by atoms with Gasteiger partial charge in [-0.25, -0.2) is 0 Å². The van der Waals surface area contributed by atoms with Gasteiger partial charge in [-0.1, -0.05) is 27.5 Å². The van der Waals surface area contributed by atoms with Crippen LogP contribution in [0.25, 0.3) is 0 Å². The van der Waals surface area contributed by atoms with Gasteiger partial charge in [-0.15, -0.1) is 0 Å². The average Bonchev–Trinajstić information content (AvgIpc) is 2.46. The Hall–Kier alpha value is -1.72. The highest BCUT2D eigenvalue weighted by Gasteiger charge is 2.08. The van der Waals surface area contributed by atoms with E-state index in [2.05, 4.69) is 15.9 Å². The molecule has 2 aromatic carbocycles. The summed E-state index contributed by atoms with van der Waals surface area (Å²) in [6, 6.07) is 10.7. The van der Waals surface area contributed by atoms with Crippen molar-refractivity contribution < 1.29 is 9.47 Å². The number of halogens is 2. The number of amidine groups is 1. The van der Waals surface area contributed by atoms with Crippen LogP contribution in [0.2, 0.25) is 5.02 Å². The minimum Gasteiger partial charge on any atom is -0.496 e. The van der Waals surface area contributed by atoms with E-state index in [1.807, 2.05) is 18.2 Å². The van der Waals surface area contributed by atoms with Crippen molar-refractivity contribution in [2.24, 2.45) is 5.73 Å². The molecule has 6 heteroatoms. The van der Waals surface area contributed by atoms with Crippen LogP contribution < -0.4 is 15.2 Å². The molecule has 0 fully saturated rings. The van der Waals surface area contributed by atoms with E-state index in [4.69, 9.17) is 32.2 Å². The Morgan fingerprint density at radius 1 is 1.24 bits per heavy atom. The second-order valence-electron chi connectivity index (χ2n) is 4.30. The molecule has 3 N–H and O–H groups in total. The SMILES string of the molecule is COc1ccc(Br)cc1COc1ccc(C(=N)N)cc1Cl. The van der Waals surface area contributed by atoms with Crippen LogP contribution in [0.4, 0.5) is 0 Å². The quantitative estimate of drug-likeness (QED) is 0.619. The molecule has 0 radical (unpaired) electrons. The average molecular weight is 370 g/mol. The number of ether oxygens (including phenoxy) is 2. The van der Waals surface area contributed by atoms with Crippen molar-refractivity contribution in [1.82, 2.24) is 0 Å². The zero-order valence-corrected chi connectivity index (χ0v) is 13.7. The predicted molar refractivity (Wildman–Crippen MR) is 87.5 cm³/mol. The minimum atomic E-state index is -0.0305. The number of nitrogens with one attached hydrogen (secondary N) is 1. The molecule has 0 heterocycles. The molecule has 2 rings (SSSR count). The molecule has 21 heavy (non-hydrogen) atoms. The lowest BCUT2D eigenvalue weighted by molar-refractivity contribution is 0.297. The van der Waals surface area contributed by atoms with Gasteiger partial charge in [0.2, 0.25) is 0 Å². The zero-order valence-electron chi connectivity index (χ0n) is 11.3. The molecule has 0 saturated heterocycles. The molecule has 0 spiro atoms. The molecule has 4 nitrogen and oxygen atoms in total. The molecule has 0 bridgehead atoms. The monoisotopic (exact) mass is 368 g/mol. The van der Waals surface area contributed by atoms with Gasteiger partial charge in [-0.05, 0) is 36.4 Å². The second-order valence-corrected chi connectivity index (χ2v) is 5.63. The number of nitrogens with two attached hydrogens (primary N) is 1. The molecule has 2 aromatic rings. The van der Waals surface area contributed by atoms with Gasteiger partial charge < -0.3 is 15.2 Å². The van der Waals surface area contributed by atoms with Crippen molar-refractivity contribution >= 4 is 33.4 Å². The smallest absolute Gasteiger partial charge is 0.138 e. The molecule has 0 atom stereocenters. The lowest BCUT2D eigenvalue weighted by Crippen LogP contribution is -2.10. The summed E-state index contributed by atoms with van der Waals surface area (Å²) in [5.41, 5.74) is 6.88. The van der Waals surface area contributed by atoms with E-state index in [0.717, 1.165) is 15.8 Å². The third-order valence-electron chi connectivity index (χ3n) is 2.87. The molecular formula is C15H14BrClN2O2. The molecule has 0 aliphatic heterocycles. The summed E-state index contributed by atoms with van der Waals surface area (Å²) in [5.74, 6) is 1.25. The summed E-state index contributed by atoms with van der Waals surface area (Å²) < 4.78 is 11.9. The van der Waals surface area contributed by atoms with E-state index < -0.39 is 0 Å². The molecule has 0 aliphatic rings. The molecule has 0 unspecified atom stereocenters. The van der Waals surface area contributed by atoms with Gasteiger partial charge in [-0.2, -0.15) is 0 Å². The van der Waals surface area contributed by atoms with E-state index in [9.17, 15) is 0 Å². The summed E-state index contributed by atoms with van der Waals surface area (Å²) in [6.07, 6.45) is 0. The van der Waals surface area contributed by atoms with E-state index >= 15 is 0 Å². The highest BCUT2D eigenvalue weighted by atomic mass is 79.9. The Labute approximate surface area is 136 Å². The third-order valence-corrected chi connectivity index (χ3v) is 3.66. The number of nitrogen functional groups attached to an aromatic ring is 1. The first-order chi connectivity index (χ1) is 10.0. The summed E-state index contributed by atoms with van der Waals surface area (Å²) in [7, 11) is 1.61. The lowest BCUT2D eigenvalue weighted by atomic mass is 10.2. The Kier molecular flexibility index (Phi) is 5.09. The number of hydrogen-bond donors (Lipinski definition) is 2. The molecule has 0 amide bonds. The normalized spacial score (nSPS) is 10.2. The van der Waals surface area contributed by atoms with Crippen molar-refractivity contribution in [3.8, 4) is 11.5 Å². The van der Waals surface area contributed by atoms with Crippen LogP contribution in [0.3, 0.4) is 0 Å². The Morgan fingerprint density at radius 3 is 2.57 bits per heavy atom. The van der Waals surface area contributed by atoms with Gasteiger partial charge in [0.25, 0.3) is 0 Å². The third kappa shape index (κ3) is 3.89. The second kappa shape index (κ2) is 6.83. The van der Waals surface area contributed by atoms with Crippen LogP contribution >= 0.6 is 27.5 Å². The van der Waals surface area contributed by atoms with E-state index in [0.29, 0.717) is 22.9 Å². The van der Waals surface area contributed by atoms with Crippen LogP contribution in [0.5, 0.6) is 11.5 Å². The maximum atomic E-state index is 7.37. The summed E-state index contributed by atoms with van der Waals surface area (Å²) in [6.45, 7) is 0.321. The Bertz CT molecular complexity index is 677. The standard InChI is InChI=1S/C15H14BrClN2O2/c1-20-13-5-3-11(16)6-10(13)8-21-14-4-2-9(15(18)19)7-12(14)17/h2-7H,8H2,1H3,(H3,18,19). The zero-order chi connectivity index (χ0) is 15.4. The van der Waals surface area contributed by atoms with Crippen molar-refractivity contribution in [2.45, 2.75) is 6.61 Å². The fourth-order valence-corrected chi connectivity index (χ4v) is 2.44. The molecule has 0 saturated carbocycles. The van der Waals surface area contributed by atoms with Crippen LogP contribution in [0, 0.1) is 5.41 Å². The van der Waals surface area contributed by atoms with Gasteiger partial charge in [0.05, 0.1) is 12.1 Å². The lowest BCUT2D eigenvalue weighted by Gasteiger charge is -2.12. The van der Waals surface area contributed by atoms with Crippen LogP contribution in [-0.4, -0.2) is 12.9 Å². The van der Waals surface area contributed by atoms with Crippen LogP contribution in [-0.2, 0) is 6.61 Å². The van der Waals surface area contributed by atoms with Crippen molar-refractivity contribution in [2.75, 3.05) is 7.11 Å². The van der Waals surface area contributed by atoms with Crippen molar-refractivity contribution in [3.63, 3.8) is 0 Å². The topological polar surface area (TPSA) is 68.3 Å². The molecule has 110 valence electrons. The van der Waals surface area contributed by atoms with E-state index in [1.54, 1.807) is 25.3 Å². The predicted octanol–water partition coefficient (Wildman–Crippen LogP) is 3.97. The van der Waals surface area contributed by atoms with Gasteiger partial charge in [0.15, 0.2) is 0 Å². The first kappa shape index (κ1) is 15.7. The number of benzene rings is 2. The van der Waals surface area contributed by atoms with Crippen LogP contribution in [0.1, 0.15) is 11.1 Å². The highest BCUT2D eigenvalue weighted by Crippen LogP contribution is 2.28. The van der Waals surface area contributed by atoms with Gasteiger partial charge >= 0.3 is 0 Å². The Balaban J connectivity index is 2.17. The minimum absolute atomic E-state index is 0.0305. The fourth-order valence-electron chi connectivity index (χ4n) is 1.80. The highest BCUT2D eigenvalue weighted by molar-refractivity contribution is 9.10. The maximum Gasteiger partial charge on any atom is 0.138 e. The van der Waals surface area contributed by atoms with Crippen molar-refractivity contribution in [1.29, 1.82) is 5.41 Å². The maximum absolute atomic E-state index is 7.37. The molecular weight excluding hydrogens is 356 g/mol. The van der Waals surface area contributed by atoms with Gasteiger partial charge in [0, 0.05) is 15.6 Å². The van der Waals surface area contributed by atoms with Gasteiger partial charge in [0.1, 0.15) is 23.9 Å². The summed E-state index contributed by atoms with van der Waals surface area (Å²) in [4.78, 5) is 0. The Morgan fingerprint density at radius 2 is 1.95 bits per heavy atom. The fraction of sp³-hybridized carbons (Fsp3) is 0.133. The first-order valence-electron chi connectivity index (χ1n) is 6.10. The van der Waals surface area contributed by atoms with Crippen molar-refractivity contribution in [3.05, 3.63) is 57.0 Å². The van der Waals surface area contributed by atoms with Gasteiger partial charge in [-0.3, -0.25) is 5.41 Å². The summed E-state index contributed by atoms with van der Waals surface area (Å²) in [5, 5.41) is 7.79. The molecule has 0 aliphatic carbocycles. The molecule has 0 aromatic heterocycles. The number of methoxy groups -OCH3 is 1.